The Morgan fingerprint density at radius 1 is 1.16 bits per heavy atom. The first-order chi connectivity index (χ1) is 9.35. The van der Waals surface area contributed by atoms with Crippen LogP contribution < -0.4 is 5.73 Å². The normalized spacial score (nSPS) is 28.4. The number of rotatable bonds is 6. The predicted octanol–water partition coefficient (Wildman–Crippen LogP) is 2.79. The summed E-state index contributed by atoms with van der Waals surface area (Å²) in [6.45, 7) is 6.26. The van der Waals surface area contributed by atoms with Crippen LogP contribution in [0.5, 0.6) is 0 Å². The Morgan fingerprint density at radius 2 is 1.95 bits per heavy atom. The Labute approximate surface area is 118 Å². The molecule has 1 saturated carbocycles. The molecular formula is C16H32N2O. The molecule has 0 radical (unpaired) electrons. The van der Waals surface area contributed by atoms with Crippen LogP contribution in [-0.2, 0) is 4.74 Å². The molecule has 2 atom stereocenters. The Hall–Kier alpha value is -0.120. The second-order valence-electron chi connectivity index (χ2n) is 6.33. The van der Waals surface area contributed by atoms with Gasteiger partial charge in [0.25, 0.3) is 0 Å². The number of hydrogen-bond donors (Lipinski definition) is 1. The molecule has 0 aromatic carbocycles. The van der Waals surface area contributed by atoms with Crippen molar-refractivity contribution in [1.29, 1.82) is 0 Å². The molecule has 0 aromatic heterocycles. The van der Waals surface area contributed by atoms with Crippen molar-refractivity contribution >= 4 is 0 Å². The lowest BCUT2D eigenvalue weighted by molar-refractivity contribution is -0.0221. The van der Waals surface area contributed by atoms with Gasteiger partial charge in [0, 0.05) is 25.7 Å². The van der Waals surface area contributed by atoms with E-state index in [4.69, 9.17) is 10.5 Å². The molecule has 1 heterocycles. The number of ether oxygens (including phenoxy) is 1. The zero-order chi connectivity index (χ0) is 13.5. The van der Waals surface area contributed by atoms with Crippen molar-refractivity contribution < 1.29 is 4.74 Å². The van der Waals surface area contributed by atoms with Gasteiger partial charge >= 0.3 is 0 Å². The number of nitrogens with two attached hydrogens (primary N) is 1. The maximum atomic E-state index is 6.10. The smallest absolute Gasteiger partial charge is 0.0702 e. The van der Waals surface area contributed by atoms with Crippen LogP contribution in [0.4, 0.5) is 0 Å². The highest BCUT2D eigenvalue weighted by Gasteiger charge is 2.31. The fraction of sp³-hybridized carbons (Fsp3) is 1.00. The van der Waals surface area contributed by atoms with Crippen LogP contribution in [0, 0.1) is 5.92 Å². The van der Waals surface area contributed by atoms with Gasteiger partial charge in [-0.1, -0.05) is 26.2 Å². The van der Waals surface area contributed by atoms with Crippen LogP contribution in [0.1, 0.15) is 58.3 Å². The third-order valence-corrected chi connectivity index (χ3v) is 4.87. The van der Waals surface area contributed by atoms with Gasteiger partial charge in [-0.15, -0.1) is 0 Å². The van der Waals surface area contributed by atoms with Crippen molar-refractivity contribution in [1.82, 2.24) is 4.90 Å². The highest BCUT2D eigenvalue weighted by Crippen LogP contribution is 2.30. The predicted molar refractivity (Wildman–Crippen MR) is 80.3 cm³/mol. The van der Waals surface area contributed by atoms with Gasteiger partial charge in [0.15, 0.2) is 0 Å². The minimum absolute atomic E-state index is 0.450. The van der Waals surface area contributed by atoms with Crippen LogP contribution in [0.15, 0.2) is 0 Å². The molecule has 3 heteroatoms. The third-order valence-electron chi connectivity index (χ3n) is 4.87. The summed E-state index contributed by atoms with van der Waals surface area (Å²) in [5.74, 6) is 0.837. The molecular weight excluding hydrogens is 236 g/mol. The molecule has 2 unspecified atom stereocenters. The molecule has 1 aliphatic heterocycles. The number of hydrogen-bond acceptors (Lipinski definition) is 3. The number of likely N-dealkylation sites (tertiary alicyclic amines) is 1. The largest absolute Gasteiger partial charge is 0.377 e. The molecule has 19 heavy (non-hydrogen) atoms. The van der Waals surface area contributed by atoms with E-state index < -0.39 is 0 Å². The second kappa shape index (κ2) is 8.23. The molecule has 0 amide bonds. The summed E-state index contributed by atoms with van der Waals surface area (Å²) < 4.78 is 5.96. The van der Waals surface area contributed by atoms with Crippen LogP contribution in [0.2, 0.25) is 0 Å². The zero-order valence-corrected chi connectivity index (χ0v) is 12.7. The topological polar surface area (TPSA) is 38.5 Å². The molecule has 2 fully saturated rings. The Kier molecular flexibility index (Phi) is 6.62. The first kappa shape index (κ1) is 15.3. The highest BCUT2D eigenvalue weighted by atomic mass is 16.5. The van der Waals surface area contributed by atoms with E-state index in [-0.39, 0.29) is 0 Å². The summed E-state index contributed by atoms with van der Waals surface area (Å²) in [7, 11) is 0. The molecule has 2 rings (SSSR count). The number of nitrogens with zero attached hydrogens (tertiary/aromatic N) is 1. The Bertz CT molecular complexity index is 241. The molecule has 1 aliphatic carbocycles. The van der Waals surface area contributed by atoms with Crippen molar-refractivity contribution in [2.24, 2.45) is 11.7 Å². The summed E-state index contributed by atoms with van der Waals surface area (Å²) in [5, 5.41) is 0. The van der Waals surface area contributed by atoms with Crippen LogP contribution in [0.3, 0.4) is 0 Å². The average molecular weight is 268 g/mol. The molecule has 0 bridgehead atoms. The molecule has 0 spiro atoms. The summed E-state index contributed by atoms with van der Waals surface area (Å²) in [6.07, 6.45) is 11.1. The SMILES string of the molecule is CCCOC1CCCN(C(CN)C2CCCCC2)C1. The lowest BCUT2D eigenvalue weighted by Crippen LogP contribution is -2.52. The lowest BCUT2D eigenvalue weighted by atomic mass is 9.82. The summed E-state index contributed by atoms with van der Waals surface area (Å²) in [6, 6.07) is 0.605. The van der Waals surface area contributed by atoms with E-state index >= 15 is 0 Å². The van der Waals surface area contributed by atoms with Crippen LogP contribution >= 0.6 is 0 Å². The third kappa shape index (κ3) is 4.44. The maximum Gasteiger partial charge on any atom is 0.0702 e. The average Bonchev–Trinajstić information content (AvgIpc) is 2.47. The van der Waals surface area contributed by atoms with Gasteiger partial charge in [0.2, 0.25) is 0 Å². The van der Waals surface area contributed by atoms with Gasteiger partial charge in [-0.2, -0.15) is 0 Å². The van der Waals surface area contributed by atoms with E-state index in [2.05, 4.69) is 11.8 Å². The van der Waals surface area contributed by atoms with Crippen LogP contribution in [0.25, 0.3) is 0 Å². The van der Waals surface area contributed by atoms with Gasteiger partial charge in [0.05, 0.1) is 6.10 Å². The van der Waals surface area contributed by atoms with Gasteiger partial charge in [-0.05, 0) is 44.6 Å². The zero-order valence-electron chi connectivity index (χ0n) is 12.7. The quantitative estimate of drug-likeness (QED) is 0.805. The summed E-state index contributed by atoms with van der Waals surface area (Å²) >= 11 is 0. The summed E-state index contributed by atoms with van der Waals surface area (Å²) in [5.41, 5.74) is 6.10. The lowest BCUT2D eigenvalue weighted by Gasteiger charge is -2.42. The van der Waals surface area contributed by atoms with Gasteiger partial charge in [-0.3, -0.25) is 4.90 Å². The van der Waals surface area contributed by atoms with Gasteiger partial charge in [0.1, 0.15) is 0 Å². The maximum absolute atomic E-state index is 6.10. The van der Waals surface area contributed by atoms with E-state index in [1.54, 1.807) is 0 Å². The van der Waals surface area contributed by atoms with Gasteiger partial charge < -0.3 is 10.5 Å². The molecule has 0 aromatic rings. The fourth-order valence-corrected chi connectivity index (χ4v) is 3.85. The first-order valence-corrected chi connectivity index (χ1v) is 8.40. The van der Waals surface area contributed by atoms with E-state index in [0.717, 1.165) is 32.0 Å². The van der Waals surface area contributed by atoms with Crippen molar-refractivity contribution in [3.05, 3.63) is 0 Å². The van der Waals surface area contributed by atoms with Gasteiger partial charge in [-0.25, -0.2) is 0 Å². The van der Waals surface area contributed by atoms with E-state index in [9.17, 15) is 0 Å². The highest BCUT2D eigenvalue weighted by molar-refractivity contribution is 4.86. The van der Waals surface area contributed by atoms with Crippen molar-refractivity contribution in [2.75, 3.05) is 26.2 Å². The minimum atomic E-state index is 0.450. The molecule has 1 saturated heterocycles. The Morgan fingerprint density at radius 3 is 2.63 bits per heavy atom. The van der Waals surface area contributed by atoms with Crippen molar-refractivity contribution in [3.8, 4) is 0 Å². The second-order valence-corrected chi connectivity index (χ2v) is 6.33. The molecule has 3 nitrogen and oxygen atoms in total. The van der Waals surface area contributed by atoms with E-state index in [1.807, 2.05) is 0 Å². The fourth-order valence-electron chi connectivity index (χ4n) is 3.85. The number of piperidine rings is 1. The van der Waals surface area contributed by atoms with Crippen molar-refractivity contribution in [2.45, 2.75) is 70.4 Å². The minimum Gasteiger partial charge on any atom is -0.377 e. The molecule has 2 aliphatic rings. The van der Waals surface area contributed by atoms with Crippen LogP contribution in [-0.4, -0.2) is 43.3 Å². The Balaban J connectivity index is 1.86. The first-order valence-electron chi connectivity index (χ1n) is 8.40. The van der Waals surface area contributed by atoms with E-state index in [1.165, 1.54) is 51.5 Å². The monoisotopic (exact) mass is 268 g/mol. The summed E-state index contributed by atoms with van der Waals surface area (Å²) in [4.78, 5) is 2.64. The molecule has 2 N–H and O–H groups in total. The molecule has 112 valence electrons. The van der Waals surface area contributed by atoms with E-state index in [0.29, 0.717) is 12.1 Å². The standard InChI is InChI=1S/C16H32N2O/c1-2-11-19-15-9-6-10-18(13-15)16(12-17)14-7-4-3-5-8-14/h14-16H,2-13,17H2,1H3. The van der Waals surface area contributed by atoms with Crippen molar-refractivity contribution in [3.63, 3.8) is 0 Å².